The van der Waals surface area contributed by atoms with Crippen LogP contribution in [-0.2, 0) is 17.9 Å². The summed E-state index contributed by atoms with van der Waals surface area (Å²) in [6.45, 7) is 5.52. The summed E-state index contributed by atoms with van der Waals surface area (Å²) in [6.07, 6.45) is 0. The number of aromatic nitrogens is 4. The summed E-state index contributed by atoms with van der Waals surface area (Å²) in [5, 5.41) is 12.3. The van der Waals surface area contributed by atoms with E-state index in [1.54, 1.807) is 16.6 Å². The molecule has 1 heterocycles. The highest BCUT2D eigenvalue weighted by Crippen LogP contribution is 2.19. The third-order valence-corrected chi connectivity index (χ3v) is 4.87. The van der Waals surface area contributed by atoms with Gasteiger partial charge in [0.2, 0.25) is 11.1 Å². The molecule has 2 rings (SSSR count). The fourth-order valence-electron chi connectivity index (χ4n) is 1.97. The lowest BCUT2D eigenvalue weighted by molar-refractivity contribution is -0.127. The van der Waals surface area contributed by atoms with Crippen molar-refractivity contribution >= 4 is 33.6 Å². The molecule has 0 N–H and O–H groups in total. The molecular formula is C15H20BrN5OS. The van der Waals surface area contributed by atoms with E-state index in [9.17, 15) is 4.79 Å². The Kier molecular flexibility index (Phi) is 6.59. The molecule has 0 fully saturated rings. The summed E-state index contributed by atoms with van der Waals surface area (Å²) < 4.78 is 2.75. The third-order valence-electron chi connectivity index (χ3n) is 3.15. The topological polar surface area (TPSA) is 63.9 Å². The largest absolute Gasteiger partial charge is 0.341 e. The highest BCUT2D eigenvalue weighted by molar-refractivity contribution is 9.10. The lowest BCUT2D eigenvalue weighted by Crippen LogP contribution is -2.28. The Morgan fingerprint density at radius 1 is 1.39 bits per heavy atom. The van der Waals surface area contributed by atoms with E-state index in [1.165, 1.54) is 11.8 Å². The van der Waals surface area contributed by atoms with Gasteiger partial charge in [0.25, 0.3) is 0 Å². The van der Waals surface area contributed by atoms with Crippen molar-refractivity contribution in [3.05, 3.63) is 34.3 Å². The lowest BCUT2D eigenvalue weighted by atomic mass is 10.2. The summed E-state index contributed by atoms with van der Waals surface area (Å²) >= 11 is 4.87. The fourth-order valence-corrected chi connectivity index (χ4v) is 3.20. The van der Waals surface area contributed by atoms with Crippen molar-refractivity contribution in [1.29, 1.82) is 0 Å². The first-order valence-corrected chi connectivity index (χ1v) is 9.11. The van der Waals surface area contributed by atoms with Crippen molar-refractivity contribution in [3.8, 4) is 0 Å². The molecule has 0 aliphatic rings. The van der Waals surface area contributed by atoms with Crippen LogP contribution in [0.5, 0.6) is 0 Å². The van der Waals surface area contributed by atoms with Crippen LogP contribution in [0, 0.1) is 5.92 Å². The second-order valence-corrected chi connectivity index (χ2v) is 7.46. The molecule has 0 atom stereocenters. The predicted octanol–water partition coefficient (Wildman–Crippen LogP) is 2.84. The van der Waals surface area contributed by atoms with Crippen molar-refractivity contribution in [2.75, 3.05) is 12.8 Å². The van der Waals surface area contributed by atoms with Gasteiger partial charge in [-0.3, -0.25) is 4.79 Å². The van der Waals surface area contributed by atoms with Gasteiger partial charge >= 0.3 is 0 Å². The fraction of sp³-hybridized carbons (Fsp3) is 0.467. The van der Waals surface area contributed by atoms with Gasteiger partial charge in [0.05, 0.1) is 5.75 Å². The summed E-state index contributed by atoms with van der Waals surface area (Å²) in [4.78, 5) is 14.0. The van der Waals surface area contributed by atoms with E-state index in [-0.39, 0.29) is 5.91 Å². The van der Waals surface area contributed by atoms with Gasteiger partial charge in [0.1, 0.15) is 0 Å². The Balaban J connectivity index is 1.89. The van der Waals surface area contributed by atoms with Gasteiger partial charge in [-0.25, -0.2) is 4.68 Å². The molecule has 1 amide bonds. The zero-order chi connectivity index (χ0) is 16.8. The van der Waals surface area contributed by atoms with E-state index in [0.29, 0.717) is 23.4 Å². The summed E-state index contributed by atoms with van der Waals surface area (Å²) in [5.74, 6) is 0.816. The zero-order valence-electron chi connectivity index (χ0n) is 13.4. The van der Waals surface area contributed by atoms with Crippen LogP contribution in [0.15, 0.2) is 33.9 Å². The van der Waals surface area contributed by atoms with Crippen LogP contribution in [-0.4, -0.2) is 43.8 Å². The SMILES string of the molecule is CC(C)Cn1nnnc1SCC(=O)N(C)Cc1ccccc1Br. The van der Waals surface area contributed by atoms with Crippen molar-refractivity contribution in [3.63, 3.8) is 0 Å². The van der Waals surface area contributed by atoms with Gasteiger partial charge in [-0.15, -0.1) is 5.10 Å². The molecule has 0 unspecified atom stereocenters. The average Bonchev–Trinajstić information content (AvgIpc) is 2.93. The van der Waals surface area contributed by atoms with Gasteiger partial charge < -0.3 is 4.90 Å². The number of tetrazole rings is 1. The Morgan fingerprint density at radius 2 is 2.13 bits per heavy atom. The lowest BCUT2D eigenvalue weighted by Gasteiger charge is -2.17. The molecule has 2 aromatic rings. The van der Waals surface area contributed by atoms with Crippen LogP contribution in [0.4, 0.5) is 0 Å². The van der Waals surface area contributed by atoms with Crippen molar-refractivity contribution in [1.82, 2.24) is 25.1 Å². The Hall–Kier alpha value is -1.41. The van der Waals surface area contributed by atoms with E-state index in [4.69, 9.17) is 0 Å². The van der Waals surface area contributed by atoms with Crippen molar-refractivity contribution in [2.45, 2.75) is 32.1 Å². The Labute approximate surface area is 148 Å². The molecule has 6 nitrogen and oxygen atoms in total. The number of benzene rings is 1. The number of hydrogen-bond acceptors (Lipinski definition) is 5. The molecule has 0 bridgehead atoms. The summed E-state index contributed by atoms with van der Waals surface area (Å²) in [5.41, 5.74) is 1.08. The smallest absolute Gasteiger partial charge is 0.233 e. The second-order valence-electron chi connectivity index (χ2n) is 5.67. The molecule has 124 valence electrons. The number of carbonyl (C=O) groups is 1. The van der Waals surface area contributed by atoms with Gasteiger partial charge in [-0.2, -0.15) is 0 Å². The van der Waals surface area contributed by atoms with Crippen LogP contribution in [0.25, 0.3) is 0 Å². The molecule has 1 aromatic heterocycles. The molecule has 0 saturated heterocycles. The molecule has 0 spiro atoms. The second kappa shape index (κ2) is 8.44. The summed E-state index contributed by atoms with van der Waals surface area (Å²) in [7, 11) is 1.80. The van der Waals surface area contributed by atoms with Gasteiger partial charge in [-0.1, -0.05) is 59.7 Å². The minimum Gasteiger partial charge on any atom is -0.341 e. The Bertz CT molecular complexity index is 661. The number of nitrogens with zero attached hydrogens (tertiary/aromatic N) is 5. The minimum atomic E-state index is 0.0462. The number of thioether (sulfide) groups is 1. The number of rotatable bonds is 7. The molecule has 0 saturated carbocycles. The molecule has 23 heavy (non-hydrogen) atoms. The quantitative estimate of drug-likeness (QED) is 0.672. The monoisotopic (exact) mass is 397 g/mol. The van der Waals surface area contributed by atoms with Crippen LogP contribution < -0.4 is 0 Å². The van der Waals surface area contributed by atoms with E-state index in [1.807, 2.05) is 24.3 Å². The first-order valence-electron chi connectivity index (χ1n) is 7.33. The molecule has 8 heteroatoms. The molecule has 1 aromatic carbocycles. The normalized spacial score (nSPS) is 11.0. The zero-order valence-corrected chi connectivity index (χ0v) is 15.8. The summed E-state index contributed by atoms with van der Waals surface area (Å²) in [6, 6.07) is 7.90. The van der Waals surface area contributed by atoms with Crippen molar-refractivity contribution < 1.29 is 4.79 Å². The van der Waals surface area contributed by atoms with E-state index >= 15 is 0 Å². The predicted molar refractivity (Wildman–Crippen MR) is 94.0 cm³/mol. The average molecular weight is 398 g/mol. The number of carbonyl (C=O) groups excluding carboxylic acids is 1. The molecule has 0 radical (unpaired) electrons. The first-order chi connectivity index (χ1) is 11.0. The van der Waals surface area contributed by atoms with Crippen LogP contribution >= 0.6 is 27.7 Å². The highest BCUT2D eigenvalue weighted by Gasteiger charge is 2.14. The number of halogens is 1. The molecule has 0 aliphatic heterocycles. The molecule has 0 aliphatic carbocycles. The van der Waals surface area contributed by atoms with Crippen LogP contribution in [0.3, 0.4) is 0 Å². The van der Waals surface area contributed by atoms with Crippen molar-refractivity contribution in [2.24, 2.45) is 5.92 Å². The maximum atomic E-state index is 12.3. The number of hydrogen-bond donors (Lipinski definition) is 0. The van der Waals surface area contributed by atoms with E-state index in [2.05, 4.69) is 45.3 Å². The standard InChI is InChI=1S/C15H20BrN5OS/c1-11(2)8-21-15(17-18-19-21)23-10-14(22)20(3)9-12-6-4-5-7-13(12)16/h4-7,11H,8-10H2,1-3H3. The number of amides is 1. The van der Waals surface area contributed by atoms with Crippen LogP contribution in [0.1, 0.15) is 19.4 Å². The first kappa shape index (κ1) is 17.9. The highest BCUT2D eigenvalue weighted by atomic mass is 79.9. The Morgan fingerprint density at radius 3 is 2.83 bits per heavy atom. The van der Waals surface area contributed by atoms with Crippen LogP contribution in [0.2, 0.25) is 0 Å². The maximum absolute atomic E-state index is 12.3. The van der Waals surface area contributed by atoms with E-state index in [0.717, 1.165) is 16.6 Å². The maximum Gasteiger partial charge on any atom is 0.233 e. The van der Waals surface area contributed by atoms with E-state index < -0.39 is 0 Å². The van der Waals surface area contributed by atoms with Gasteiger partial charge in [0, 0.05) is 24.6 Å². The molecular weight excluding hydrogens is 378 g/mol. The third kappa shape index (κ3) is 5.31. The minimum absolute atomic E-state index is 0.0462. The van der Waals surface area contributed by atoms with Gasteiger partial charge in [-0.05, 0) is 28.0 Å². The van der Waals surface area contributed by atoms with Gasteiger partial charge in [0.15, 0.2) is 0 Å².